The number of hydrogen-bond acceptors (Lipinski definition) is 0. The van der Waals surface area contributed by atoms with Crippen molar-refractivity contribution >= 4 is 0 Å². The first kappa shape index (κ1) is 16.6. The molecule has 0 amide bonds. The normalized spacial score (nSPS) is 17.2. The topological polar surface area (TPSA) is 0 Å². The van der Waals surface area contributed by atoms with Crippen molar-refractivity contribution in [1.82, 2.24) is 0 Å². The van der Waals surface area contributed by atoms with E-state index in [0.29, 0.717) is 0 Å². The summed E-state index contributed by atoms with van der Waals surface area (Å²) in [4.78, 5) is 0. The van der Waals surface area contributed by atoms with E-state index in [0.717, 1.165) is 25.7 Å². The molecule has 94 valence electrons. The summed E-state index contributed by atoms with van der Waals surface area (Å²) in [6.07, 6.45) is 15.4. The van der Waals surface area contributed by atoms with Gasteiger partial charge in [0, 0.05) is 0 Å². The minimum Gasteiger partial charge on any atom is -0.269 e. The van der Waals surface area contributed by atoms with Crippen molar-refractivity contribution in [3.05, 3.63) is 46.6 Å². The monoisotopic (exact) mass is 316 g/mol. The predicted octanol–water partition coefficient (Wildman–Crippen LogP) is 4.95. The third-order valence-corrected chi connectivity index (χ3v) is 3.11. The Balaban J connectivity index is 0.000000284. The van der Waals surface area contributed by atoms with Crippen LogP contribution in [0.2, 0.25) is 0 Å². The SMILES string of the molecule is CCC1=[C-]CC=C1C.CCC1=[C-]CC=C1C.[Ru+2]. The van der Waals surface area contributed by atoms with Crippen LogP contribution < -0.4 is 0 Å². The smallest absolute Gasteiger partial charge is 0.269 e. The summed E-state index contributed by atoms with van der Waals surface area (Å²) >= 11 is 0. The molecule has 0 bridgehead atoms. The fraction of sp³-hybridized carbons (Fsp3) is 0.500. The van der Waals surface area contributed by atoms with Gasteiger partial charge in [-0.05, 0) is 0 Å². The predicted molar refractivity (Wildman–Crippen MR) is 70.8 cm³/mol. The van der Waals surface area contributed by atoms with Gasteiger partial charge in [0.25, 0.3) is 0 Å². The molecule has 0 radical (unpaired) electrons. The number of rotatable bonds is 2. The molecule has 0 unspecified atom stereocenters. The second kappa shape index (κ2) is 8.64. The molecule has 0 atom stereocenters. The molecule has 2 aliphatic carbocycles. The zero-order valence-corrected chi connectivity index (χ0v) is 13.1. The molecule has 0 aromatic carbocycles. The van der Waals surface area contributed by atoms with Crippen LogP contribution in [0.5, 0.6) is 0 Å². The number of hydrogen-bond donors (Lipinski definition) is 0. The minimum atomic E-state index is 0. The first-order valence-electron chi connectivity index (χ1n) is 6.22. The largest absolute Gasteiger partial charge is 2.00 e. The van der Waals surface area contributed by atoms with Crippen molar-refractivity contribution in [3.63, 3.8) is 0 Å². The van der Waals surface area contributed by atoms with E-state index in [2.05, 4.69) is 52.0 Å². The Bertz CT molecular complexity index is 318. The Hall–Kier alpha value is -0.417. The zero-order chi connectivity index (χ0) is 12.0. The van der Waals surface area contributed by atoms with Crippen LogP contribution in [-0.2, 0) is 19.5 Å². The van der Waals surface area contributed by atoms with Crippen molar-refractivity contribution in [2.75, 3.05) is 0 Å². The zero-order valence-electron chi connectivity index (χ0n) is 11.3. The third kappa shape index (κ3) is 5.17. The maximum Gasteiger partial charge on any atom is 2.00 e. The van der Waals surface area contributed by atoms with Gasteiger partial charge in [-0.1, -0.05) is 26.7 Å². The molecule has 0 heterocycles. The molecule has 1 heteroatoms. The van der Waals surface area contributed by atoms with Crippen molar-refractivity contribution in [3.8, 4) is 0 Å². The maximum absolute atomic E-state index is 3.28. The standard InChI is InChI=1S/2C8H11.Ru/c2*1-3-8-6-4-5-7(8)2;/h2*5H,3-4H2,1-2H3;/q2*-1;+2. The third-order valence-electron chi connectivity index (χ3n) is 3.11. The van der Waals surface area contributed by atoms with Gasteiger partial charge in [-0.3, -0.25) is 12.2 Å². The van der Waals surface area contributed by atoms with Gasteiger partial charge in [-0.25, -0.2) is 22.3 Å². The van der Waals surface area contributed by atoms with Gasteiger partial charge in [0.2, 0.25) is 0 Å². The Labute approximate surface area is 119 Å². The second-order valence-electron chi connectivity index (χ2n) is 4.20. The van der Waals surface area contributed by atoms with Crippen molar-refractivity contribution in [1.29, 1.82) is 0 Å². The van der Waals surface area contributed by atoms with Gasteiger partial charge in [0.05, 0.1) is 0 Å². The molecule has 2 aliphatic rings. The minimum absolute atomic E-state index is 0. The van der Waals surface area contributed by atoms with Crippen LogP contribution in [0.4, 0.5) is 0 Å². The molecule has 0 N–H and O–H groups in total. The average molecular weight is 315 g/mol. The van der Waals surface area contributed by atoms with Gasteiger partial charge in [0.15, 0.2) is 0 Å². The molecule has 0 aromatic rings. The fourth-order valence-corrected chi connectivity index (χ4v) is 1.99. The van der Waals surface area contributed by atoms with E-state index in [4.69, 9.17) is 0 Å². The molecule has 0 saturated heterocycles. The van der Waals surface area contributed by atoms with E-state index in [-0.39, 0.29) is 19.5 Å². The van der Waals surface area contributed by atoms with E-state index >= 15 is 0 Å². The molecule has 2 rings (SSSR count). The molecular formula is C16H22Ru. The van der Waals surface area contributed by atoms with E-state index in [1.54, 1.807) is 0 Å². The summed E-state index contributed by atoms with van der Waals surface area (Å²) < 4.78 is 0. The molecule has 0 fully saturated rings. The molecule has 17 heavy (non-hydrogen) atoms. The first-order chi connectivity index (χ1) is 7.69. The van der Waals surface area contributed by atoms with Gasteiger partial charge >= 0.3 is 19.5 Å². The Morgan fingerprint density at radius 1 is 0.882 bits per heavy atom. The summed E-state index contributed by atoms with van der Waals surface area (Å²) in [6.45, 7) is 8.65. The van der Waals surface area contributed by atoms with Gasteiger partial charge < -0.3 is 0 Å². The molecule has 0 spiro atoms. The van der Waals surface area contributed by atoms with Crippen molar-refractivity contribution in [2.45, 2.75) is 53.4 Å². The van der Waals surface area contributed by atoms with Crippen LogP contribution >= 0.6 is 0 Å². The Kier molecular flexibility index (Phi) is 8.43. The summed E-state index contributed by atoms with van der Waals surface area (Å²) in [7, 11) is 0. The number of allylic oxidation sites excluding steroid dienone is 8. The summed E-state index contributed by atoms with van der Waals surface area (Å²) in [5.74, 6) is 0. The second-order valence-corrected chi connectivity index (χ2v) is 4.20. The van der Waals surface area contributed by atoms with Crippen molar-refractivity contribution in [2.24, 2.45) is 0 Å². The molecule has 0 nitrogen and oxygen atoms in total. The van der Waals surface area contributed by atoms with Crippen LogP contribution in [0.1, 0.15) is 53.4 Å². The van der Waals surface area contributed by atoms with E-state index < -0.39 is 0 Å². The van der Waals surface area contributed by atoms with Crippen LogP contribution in [0.3, 0.4) is 0 Å². The van der Waals surface area contributed by atoms with Crippen LogP contribution in [0, 0.1) is 12.2 Å². The average Bonchev–Trinajstić information content (AvgIpc) is 2.87. The first-order valence-corrected chi connectivity index (χ1v) is 6.22. The quantitative estimate of drug-likeness (QED) is 0.499. The Morgan fingerprint density at radius 2 is 1.24 bits per heavy atom. The molecule has 0 saturated carbocycles. The van der Waals surface area contributed by atoms with Crippen LogP contribution in [0.15, 0.2) is 34.4 Å². The Morgan fingerprint density at radius 3 is 1.35 bits per heavy atom. The van der Waals surface area contributed by atoms with E-state index in [9.17, 15) is 0 Å². The summed E-state index contributed by atoms with van der Waals surface area (Å²) in [5, 5.41) is 0. The van der Waals surface area contributed by atoms with E-state index in [1.807, 2.05) is 0 Å². The molecule has 0 aliphatic heterocycles. The molecule has 0 aromatic heterocycles. The van der Waals surface area contributed by atoms with E-state index in [1.165, 1.54) is 22.3 Å². The van der Waals surface area contributed by atoms with Crippen LogP contribution in [0.25, 0.3) is 0 Å². The fourth-order valence-electron chi connectivity index (χ4n) is 1.99. The summed E-state index contributed by atoms with van der Waals surface area (Å²) in [5.41, 5.74) is 5.66. The maximum atomic E-state index is 3.28. The van der Waals surface area contributed by atoms with Gasteiger partial charge in [-0.15, -0.1) is 26.7 Å². The molecular weight excluding hydrogens is 293 g/mol. The van der Waals surface area contributed by atoms with Crippen molar-refractivity contribution < 1.29 is 19.5 Å². The van der Waals surface area contributed by atoms with Gasteiger partial charge in [0.1, 0.15) is 0 Å². The van der Waals surface area contributed by atoms with Gasteiger partial charge in [-0.2, -0.15) is 12.2 Å². The summed E-state index contributed by atoms with van der Waals surface area (Å²) in [6, 6.07) is 0. The van der Waals surface area contributed by atoms with Crippen LogP contribution in [-0.4, -0.2) is 0 Å².